The van der Waals surface area contributed by atoms with Gasteiger partial charge in [-0.25, -0.2) is 4.79 Å². The maximum atomic E-state index is 13.0. The van der Waals surface area contributed by atoms with Gasteiger partial charge in [0.25, 0.3) is 0 Å². The summed E-state index contributed by atoms with van der Waals surface area (Å²) in [7, 11) is 0. The second-order valence-electron chi connectivity index (χ2n) is 9.26. The predicted molar refractivity (Wildman–Crippen MR) is 107 cm³/mol. The van der Waals surface area contributed by atoms with Crippen molar-refractivity contribution in [1.82, 2.24) is 4.90 Å². The van der Waals surface area contributed by atoms with E-state index in [1.54, 1.807) is 0 Å². The van der Waals surface area contributed by atoms with Gasteiger partial charge >= 0.3 is 6.09 Å². The second kappa shape index (κ2) is 8.04. The molecular formula is C23H33NO3. The van der Waals surface area contributed by atoms with E-state index in [1.807, 2.05) is 56.0 Å². The molecule has 4 heteroatoms. The van der Waals surface area contributed by atoms with E-state index in [-0.39, 0.29) is 17.9 Å². The minimum absolute atomic E-state index is 0.0908. The maximum Gasteiger partial charge on any atom is 0.410 e. The summed E-state index contributed by atoms with van der Waals surface area (Å²) in [6.45, 7) is 8.63. The number of benzene rings is 1. The lowest BCUT2D eigenvalue weighted by Crippen LogP contribution is -2.56. The summed E-state index contributed by atoms with van der Waals surface area (Å²) in [5.74, 6) is 1.55. The fourth-order valence-electron chi connectivity index (χ4n) is 4.87. The SMILES string of the molecule is C[C@@H]1[C@H]2CCCC[C@H]2CN(C(=O)OC(C)(C)C)[C@@H]1CC(=O)c1ccccc1. The number of fused-ring (bicyclic) bond motifs is 1. The highest BCUT2D eigenvalue weighted by atomic mass is 16.6. The molecular weight excluding hydrogens is 338 g/mol. The molecule has 1 aromatic carbocycles. The minimum atomic E-state index is -0.530. The van der Waals surface area contributed by atoms with Gasteiger partial charge in [0.15, 0.2) is 5.78 Å². The summed E-state index contributed by atoms with van der Waals surface area (Å²) in [6, 6.07) is 9.32. The number of ketones is 1. The van der Waals surface area contributed by atoms with Crippen LogP contribution in [0, 0.1) is 17.8 Å². The summed E-state index contributed by atoms with van der Waals surface area (Å²) in [5.41, 5.74) is 0.192. The van der Waals surface area contributed by atoms with Crippen LogP contribution in [0.3, 0.4) is 0 Å². The normalized spacial score (nSPS) is 28.4. The van der Waals surface area contributed by atoms with Crippen LogP contribution in [0.25, 0.3) is 0 Å². The third-order valence-electron chi connectivity index (χ3n) is 6.20. The fourth-order valence-corrected chi connectivity index (χ4v) is 4.87. The van der Waals surface area contributed by atoms with Crippen molar-refractivity contribution >= 4 is 11.9 Å². The number of ether oxygens (including phenoxy) is 1. The Kier molecular flexibility index (Phi) is 5.92. The number of nitrogens with zero attached hydrogens (tertiary/aromatic N) is 1. The van der Waals surface area contributed by atoms with Crippen molar-refractivity contribution in [2.45, 2.75) is 71.4 Å². The van der Waals surface area contributed by atoms with Crippen LogP contribution in [-0.4, -0.2) is 35.0 Å². The van der Waals surface area contributed by atoms with E-state index in [4.69, 9.17) is 4.74 Å². The molecule has 1 saturated carbocycles. The second-order valence-corrected chi connectivity index (χ2v) is 9.26. The van der Waals surface area contributed by atoms with Gasteiger partial charge in [0.05, 0.1) is 0 Å². The molecule has 0 bridgehead atoms. The molecule has 0 N–H and O–H groups in total. The highest BCUT2D eigenvalue weighted by molar-refractivity contribution is 5.96. The van der Waals surface area contributed by atoms with Gasteiger partial charge in [0.2, 0.25) is 0 Å². The monoisotopic (exact) mass is 371 g/mol. The number of carbonyl (C=O) groups excluding carboxylic acids is 2. The van der Waals surface area contributed by atoms with Crippen LogP contribution in [0.15, 0.2) is 30.3 Å². The Hall–Kier alpha value is -1.84. The summed E-state index contributed by atoms with van der Waals surface area (Å²) in [6.07, 6.45) is 4.98. The first-order chi connectivity index (χ1) is 12.8. The van der Waals surface area contributed by atoms with Gasteiger partial charge in [-0.05, 0) is 51.4 Å². The topological polar surface area (TPSA) is 46.6 Å². The van der Waals surface area contributed by atoms with Gasteiger partial charge < -0.3 is 9.64 Å². The van der Waals surface area contributed by atoms with Crippen molar-refractivity contribution < 1.29 is 14.3 Å². The number of carbonyl (C=O) groups is 2. The van der Waals surface area contributed by atoms with Crippen molar-refractivity contribution in [3.05, 3.63) is 35.9 Å². The number of piperidine rings is 1. The van der Waals surface area contributed by atoms with Crippen LogP contribution < -0.4 is 0 Å². The molecule has 1 aliphatic carbocycles. The van der Waals surface area contributed by atoms with Gasteiger partial charge in [0, 0.05) is 24.6 Å². The first-order valence-corrected chi connectivity index (χ1v) is 10.3. The van der Waals surface area contributed by atoms with Crippen molar-refractivity contribution in [3.63, 3.8) is 0 Å². The third kappa shape index (κ3) is 4.72. The smallest absolute Gasteiger partial charge is 0.410 e. The standard InChI is InChI=1S/C23H33NO3/c1-16-19-13-9-8-12-18(19)15-24(22(26)27-23(2,3)4)20(16)14-21(25)17-10-6-5-7-11-17/h5-7,10-11,16,18-20H,8-9,12-15H2,1-4H3/t16-,18+,19-,20-/m1/s1. The molecule has 4 nitrogen and oxygen atoms in total. The lowest BCUT2D eigenvalue weighted by atomic mass is 9.66. The van der Waals surface area contributed by atoms with E-state index in [2.05, 4.69) is 6.92 Å². The summed E-state index contributed by atoms with van der Waals surface area (Å²) < 4.78 is 5.70. The molecule has 3 rings (SSSR count). The zero-order chi connectivity index (χ0) is 19.6. The predicted octanol–water partition coefficient (Wildman–Crippen LogP) is 5.32. The highest BCUT2D eigenvalue weighted by Crippen LogP contribution is 2.43. The zero-order valence-corrected chi connectivity index (χ0v) is 17.1. The zero-order valence-electron chi connectivity index (χ0n) is 17.1. The molecule has 4 atom stereocenters. The molecule has 0 spiro atoms. The number of hydrogen-bond donors (Lipinski definition) is 0. The quantitative estimate of drug-likeness (QED) is 0.676. The molecule has 0 unspecified atom stereocenters. The third-order valence-corrected chi connectivity index (χ3v) is 6.20. The van der Waals surface area contributed by atoms with E-state index in [9.17, 15) is 9.59 Å². The molecule has 0 radical (unpaired) electrons. The highest BCUT2D eigenvalue weighted by Gasteiger charge is 2.45. The maximum absolute atomic E-state index is 13.0. The number of hydrogen-bond acceptors (Lipinski definition) is 3. The van der Waals surface area contributed by atoms with E-state index in [1.165, 1.54) is 25.7 Å². The van der Waals surface area contributed by atoms with Crippen molar-refractivity contribution in [3.8, 4) is 0 Å². The number of rotatable bonds is 3. The Morgan fingerprint density at radius 3 is 2.44 bits per heavy atom. The van der Waals surface area contributed by atoms with Gasteiger partial charge in [-0.2, -0.15) is 0 Å². The van der Waals surface area contributed by atoms with E-state index in [0.29, 0.717) is 24.2 Å². The average Bonchev–Trinajstić information content (AvgIpc) is 2.63. The average molecular weight is 372 g/mol. The molecule has 2 aliphatic rings. The number of Topliss-reactive ketones (excluding diaryl/α,β-unsaturated/α-hetero) is 1. The Morgan fingerprint density at radius 1 is 1.11 bits per heavy atom. The Balaban J connectivity index is 1.82. The molecule has 2 fully saturated rings. The first kappa shape index (κ1) is 19.9. The summed E-state index contributed by atoms with van der Waals surface area (Å²) in [4.78, 5) is 27.7. The Bertz CT molecular complexity index is 664. The van der Waals surface area contributed by atoms with E-state index >= 15 is 0 Å². The first-order valence-electron chi connectivity index (χ1n) is 10.3. The van der Waals surface area contributed by atoms with Gasteiger partial charge in [0.1, 0.15) is 5.60 Å². The Morgan fingerprint density at radius 2 is 1.78 bits per heavy atom. The van der Waals surface area contributed by atoms with Gasteiger partial charge in [-0.3, -0.25) is 4.79 Å². The summed E-state index contributed by atoms with van der Waals surface area (Å²) >= 11 is 0. The van der Waals surface area contributed by atoms with Gasteiger partial charge in [-0.1, -0.05) is 50.1 Å². The number of likely N-dealkylation sites (tertiary alicyclic amines) is 1. The minimum Gasteiger partial charge on any atom is -0.444 e. The largest absolute Gasteiger partial charge is 0.444 e. The van der Waals surface area contributed by atoms with Crippen LogP contribution in [0.2, 0.25) is 0 Å². The van der Waals surface area contributed by atoms with Crippen molar-refractivity contribution in [2.75, 3.05) is 6.54 Å². The molecule has 1 heterocycles. The van der Waals surface area contributed by atoms with Crippen LogP contribution in [0.5, 0.6) is 0 Å². The molecule has 1 aliphatic heterocycles. The van der Waals surface area contributed by atoms with Crippen LogP contribution in [0.4, 0.5) is 4.79 Å². The van der Waals surface area contributed by atoms with Crippen LogP contribution >= 0.6 is 0 Å². The number of amides is 1. The fraction of sp³-hybridized carbons (Fsp3) is 0.652. The van der Waals surface area contributed by atoms with Gasteiger partial charge in [-0.15, -0.1) is 0 Å². The Labute approximate surface area is 163 Å². The molecule has 1 amide bonds. The summed E-state index contributed by atoms with van der Waals surface area (Å²) in [5, 5.41) is 0. The molecule has 148 valence electrons. The van der Waals surface area contributed by atoms with Crippen LogP contribution in [0.1, 0.15) is 70.2 Å². The molecule has 27 heavy (non-hydrogen) atoms. The molecule has 1 saturated heterocycles. The van der Waals surface area contributed by atoms with Crippen molar-refractivity contribution in [1.29, 1.82) is 0 Å². The molecule has 0 aromatic heterocycles. The lowest BCUT2D eigenvalue weighted by Gasteiger charge is -2.50. The van der Waals surface area contributed by atoms with E-state index in [0.717, 1.165) is 12.1 Å². The van der Waals surface area contributed by atoms with E-state index < -0.39 is 5.60 Å². The molecule has 1 aromatic rings. The van der Waals surface area contributed by atoms with Crippen LogP contribution in [-0.2, 0) is 4.74 Å². The van der Waals surface area contributed by atoms with Crippen molar-refractivity contribution in [2.24, 2.45) is 17.8 Å². The lowest BCUT2D eigenvalue weighted by molar-refractivity contribution is -0.0348.